The van der Waals surface area contributed by atoms with Crippen LogP contribution in [0.25, 0.3) is 0 Å². The molecule has 2 aliphatic heterocycles. The zero-order valence-electron chi connectivity index (χ0n) is 17.5. The molecule has 0 N–H and O–H groups in total. The predicted molar refractivity (Wildman–Crippen MR) is 106 cm³/mol. The second-order valence-corrected chi connectivity index (χ2v) is 8.46. The Bertz CT molecular complexity index is 630. The Hall–Kier alpha value is -1.15. The highest BCUT2D eigenvalue weighted by Crippen LogP contribution is 2.37. The second-order valence-electron chi connectivity index (χ2n) is 8.46. The first-order valence-corrected chi connectivity index (χ1v) is 10.3. The van der Waals surface area contributed by atoms with Gasteiger partial charge in [0.15, 0.2) is 6.29 Å². The molecule has 1 atom stereocenters. The number of hydrogen-bond acceptors (Lipinski definition) is 5. The van der Waals surface area contributed by atoms with Gasteiger partial charge in [-0.25, -0.2) is 4.39 Å². The lowest BCUT2D eigenvalue weighted by atomic mass is 9.78. The Labute approximate surface area is 168 Å². The molecule has 1 aromatic carbocycles. The third kappa shape index (κ3) is 5.06. The lowest BCUT2D eigenvalue weighted by Crippen LogP contribution is -2.41. The quantitative estimate of drug-likeness (QED) is 0.496. The van der Waals surface area contributed by atoms with Crippen molar-refractivity contribution in [2.24, 2.45) is 0 Å². The van der Waals surface area contributed by atoms with Crippen LogP contribution >= 0.6 is 0 Å². The van der Waals surface area contributed by atoms with E-state index in [-0.39, 0.29) is 12.1 Å². The van der Waals surface area contributed by atoms with Crippen LogP contribution in [0.15, 0.2) is 18.2 Å². The standard InChI is InChI=1S/C21H32BFO5/c1-20(2)21(3,4)28-22(27-20)19-16(23)10-9-11-17(19)24-13-7-8-15-26-18-12-5-6-14-25-18/h9-11,18H,5-8,12-15H2,1-4H3. The third-order valence-electron chi connectivity index (χ3n) is 5.74. The van der Waals surface area contributed by atoms with Crippen molar-refractivity contribution >= 4 is 12.6 Å². The lowest BCUT2D eigenvalue weighted by Gasteiger charge is -2.32. The van der Waals surface area contributed by atoms with Gasteiger partial charge >= 0.3 is 7.12 Å². The van der Waals surface area contributed by atoms with Crippen LogP contribution in [0.1, 0.15) is 59.8 Å². The molecule has 2 aliphatic rings. The molecule has 0 aliphatic carbocycles. The highest BCUT2D eigenvalue weighted by atomic mass is 19.1. The van der Waals surface area contributed by atoms with Crippen LogP contribution in [0.5, 0.6) is 5.75 Å². The van der Waals surface area contributed by atoms with Gasteiger partial charge < -0.3 is 23.5 Å². The predicted octanol–water partition coefficient (Wildman–Crippen LogP) is 3.83. The first kappa shape index (κ1) is 21.6. The highest BCUT2D eigenvalue weighted by Gasteiger charge is 2.53. The van der Waals surface area contributed by atoms with Gasteiger partial charge in [0, 0.05) is 13.2 Å². The van der Waals surface area contributed by atoms with E-state index in [4.69, 9.17) is 23.5 Å². The molecule has 0 radical (unpaired) electrons. The van der Waals surface area contributed by atoms with Crippen molar-refractivity contribution in [2.45, 2.75) is 77.3 Å². The maximum Gasteiger partial charge on any atom is 0.501 e. The van der Waals surface area contributed by atoms with Crippen LogP contribution in [0, 0.1) is 5.82 Å². The van der Waals surface area contributed by atoms with Crippen molar-refractivity contribution in [3.8, 4) is 5.75 Å². The zero-order valence-corrected chi connectivity index (χ0v) is 17.5. The van der Waals surface area contributed by atoms with E-state index in [0.29, 0.717) is 24.4 Å². The summed E-state index contributed by atoms with van der Waals surface area (Å²) in [6.45, 7) is 9.70. The van der Waals surface area contributed by atoms with E-state index < -0.39 is 18.3 Å². The van der Waals surface area contributed by atoms with Gasteiger partial charge in [0.05, 0.1) is 23.3 Å². The minimum atomic E-state index is -0.784. The molecule has 156 valence electrons. The molecule has 0 amide bonds. The number of ether oxygens (including phenoxy) is 3. The number of halogens is 1. The molecule has 28 heavy (non-hydrogen) atoms. The van der Waals surface area contributed by atoms with Gasteiger partial charge in [-0.2, -0.15) is 0 Å². The largest absolute Gasteiger partial charge is 0.501 e. The first-order chi connectivity index (χ1) is 13.3. The molecular formula is C21H32BFO5. The van der Waals surface area contributed by atoms with Crippen molar-refractivity contribution in [2.75, 3.05) is 19.8 Å². The zero-order chi connectivity index (χ0) is 20.2. The SMILES string of the molecule is CC1(C)OB(c2c(F)cccc2OCCCCOC2CCCCO2)OC1(C)C. The summed E-state index contributed by atoms with van der Waals surface area (Å²) in [5.74, 6) is 0.0869. The molecular weight excluding hydrogens is 362 g/mol. The van der Waals surface area contributed by atoms with Crippen LogP contribution in [0.4, 0.5) is 4.39 Å². The van der Waals surface area contributed by atoms with Crippen molar-refractivity contribution in [3.63, 3.8) is 0 Å². The number of rotatable bonds is 8. The molecule has 2 fully saturated rings. The van der Waals surface area contributed by atoms with Gasteiger partial charge in [0.1, 0.15) is 11.6 Å². The van der Waals surface area contributed by atoms with Crippen molar-refractivity contribution < 1.29 is 27.9 Å². The Morgan fingerprint density at radius 3 is 2.46 bits per heavy atom. The van der Waals surface area contributed by atoms with Crippen LogP contribution in [0.2, 0.25) is 0 Å². The monoisotopic (exact) mass is 394 g/mol. The van der Waals surface area contributed by atoms with Crippen LogP contribution in [-0.2, 0) is 18.8 Å². The summed E-state index contributed by atoms with van der Waals surface area (Å²) in [4.78, 5) is 0. The molecule has 0 saturated carbocycles. The highest BCUT2D eigenvalue weighted by molar-refractivity contribution is 6.63. The molecule has 1 unspecified atom stereocenters. The Kier molecular flexibility index (Phi) is 7.02. The minimum absolute atomic E-state index is 0.0622. The molecule has 2 heterocycles. The van der Waals surface area contributed by atoms with Crippen molar-refractivity contribution in [1.29, 1.82) is 0 Å². The Balaban J connectivity index is 1.50. The fourth-order valence-corrected chi connectivity index (χ4v) is 3.28. The molecule has 3 rings (SSSR count). The topological polar surface area (TPSA) is 46.2 Å². The molecule has 0 bridgehead atoms. The van der Waals surface area contributed by atoms with E-state index in [1.807, 2.05) is 27.7 Å². The summed E-state index contributed by atoms with van der Waals surface area (Å²) in [7, 11) is -0.784. The summed E-state index contributed by atoms with van der Waals surface area (Å²) in [6, 6.07) is 4.81. The smallest absolute Gasteiger partial charge is 0.494 e. The van der Waals surface area contributed by atoms with Crippen molar-refractivity contribution in [1.82, 2.24) is 0 Å². The maximum absolute atomic E-state index is 14.6. The Morgan fingerprint density at radius 1 is 1.07 bits per heavy atom. The van der Waals surface area contributed by atoms with Gasteiger partial charge in [-0.15, -0.1) is 0 Å². The van der Waals surface area contributed by atoms with E-state index in [2.05, 4.69) is 0 Å². The third-order valence-corrected chi connectivity index (χ3v) is 5.74. The number of unbranched alkanes of at least 4 members (excludes halogenated alkanes) is 1. The van der Waals surface area contributed by atoms with E-state index in [0.717, 1.165) is 38.7 Å². The number of benzene rings is 1. The van der Waals surface area contributed by atoms with Crippen molar-refractivity contribution in [3.05, 3.63) is 24.0 Å². The normalized spacial score (nSPS) is 23.8. The molecule has 7 heteroatoms. The second kappa shape index (κ2) is 9.12. The van der Waals surface area contributed by atoms with Crippen LogP contribution in [0.3, 0.4) is 0 Å². The van der Waals surface area contributed by atoms with Gasteiger partial charge in [-0.3, -0.25) is 0 Å². The van der Waals surface area contributed by atoms with Gasteiger partial charge in [-0.05, 0) is 71.9 Å². The molecule has 2 saturated heterocycles. The van der Waals surface area contributed by atoms with E-state index in [1.54, 1.807) is 12.1 Å². The minimum Gasteiger partial charge on any atom is -0.494 e. The van der Waals surface area contributed by atoms with Crippen LogP contribution in [-0.4, -0.2) is 44.4 Å². The molecule has 1 aromatic rings. The molecule has 0 spiro atoms. The summed E-state index contributed by atoms with van der Waals surface area (Å²) in [5.41, 5.74) is -0.737. The Morgan fingerprint density at radius 2 is 1.79 bits per heavy atom. The van der Waals surface area contributed by atoms with E-state index in [9.17, 15) is 4.39 Å². The summed E-state index contributed by atoms with van der Waals surface area (Å²) >= 11 is 0. The average Bonchev–Trinajstić information content (AvgIpc) is 2.86. The summed E-state index contributed by atoms with van der Waals surface area (Å²) in [6.07, 6.45) is 4.86. The van der Waals surface area contributed by atoms with E-state index >= 15 is 0 Å². The number of hydrogen-bond donors (Lipinski definition) is 0. The molecule has 5 nitrogen and oxygen atoms in total. The average molecular weight is 394 g/mol. The fraction of sp³-hybridized carbons (Fsp3) is 0.714. The van der Waals surface area contributed by atoms with Gasteiger partial charge in [0.2, 0.25) is 0 Å². The maximum atomic E-state index is 14.6. The van der Waals surface area contributed by atoms with Crippen LogP contribution < -0.4 is 10.2 Å². The molecule has 0 aromatic heterocycles. The first-order valence-electron chi connectivity index (χ1n) is 10.3. The van der Waals surface area contributed by atoms with Gasteiger partial charge in [0.25, 0.3) is 0 Å². The van der Waals surface area contributed by atoms with Gasteiger partial charge in [-0.1, -0.05) is 6.07 Å². The summed E-state index contributed by atoms with van der Waals surface area (Å²) < 4.78 is 43.7. The fourth-order valence-electron chi connectivity index (χ4n) is 3.28. The lowest BCUT2D eigenvalue weighted by molar-refractivity contribution is -0.162. The summed E-state index contributed by atoms with van der Waals surface area (Å²) in [5, 5.41) is 0. The van der Waals surface area contributed by atoms with E-state index in [1.165, 1.54) is 6.07 Å².